The Bertz CT molecular complexity index is 1780. The van der Waals surface area contributed by atoms with Gasteiger partial charge in [0.1, 0.15) is 29.9 Å². The van der Waals surface area contributed by atoms with E-state index in [0.717, 1.165) is 35.2 Å². The van der Waals surface area contributed by atoms with Gasteiger partial charge in [-0.3, -0.25) is 14.1 Å². The first-order valence-electron chi connectivity index (χ1n) is 13.2. The number of ether oxygens (including phenoxy) is 1. The highest BCUT2D eigenvalue weighted by molar-refractivity contribution is 7.80. The SMILES string of the molecule is CC1(C)[C@H](NC(=O)/C(=N\O[C@@H](COc2ccc3c(NC4CNC4)nccc3c2)C(=O)O)c2csc(N)n2)C(=O)N1OS(=O)(=O)O. The van der Waals surface area contributed by atoms with E-state index in [0.29, 0.717) is 16.6 Å². The van der Waals surface area contributed by atoms with E-state index in [1.807, 2.05) is 0 Å². The van der Waals surface area contributed by atoms with E-state index in [1.165, 1.54) is 19.2 Å². The first kappa shape index (κ1) is 31.8. The minimum absolute atomic E-state index is 0.0608. The van der Waals surface area contributed by atoms with E-state index in [-0.39, 0.29) is 16.9 Å². The number of carboxylic acids is 1. The van der Waals surface area contributed by atoms with Crippen LogP contribution in [-0.2, 0) is 33.9 Å². The number of oxime groups is 1. The van der Waals surface area contributed by atoms with Crippen LogP contribution in [0.2, 0.25) is 0 Å². The molecular formula is C25H28N8O10S2. The van der Waals surface area contributed by atoms with Crippen molar-refractivity contribution in [1.29, 1.82) is 0 Å². The Hall–Kier alpha value is -4.63. The van der Waals surface area contributed by atoms with E-state index in [2.05, 4.69) is 35.4 Å². The van der Waals surface area contributed by atoms with Crippen LogP contribution in [0.15, 0.2) is 41.0 Å². The molecule has 2 aliphatic heterocycles. The molecule has 240 valence electrons. The molecule has 0 radical (unpaired) electrons. The van der Waals surface area contributed by atoms with Crippen LogP contribution in [0, 0.1) is 0 Å². The third-order valence-electron chi connectivity index (χ3n) is 6.91. The minimum Gasteiger partial charge on any atom is -0.489 e. The molecule has 2 atom stereocenters. The summed E-state index contributed by atoms with van der Waals surface area (Å²) in [4.78, 5) is 51.3. The van der Waals surface area contributed by atoms with Gasteiger partial charge in [0.05, 0.1) is 11.6 Å². The Morgan fingerprint density at radius 3 is 2.67 bits per heavy atom. The van der Waals surface area contributed by atoms with Gasteiger partial charge in [-0.15, -0.1) is 15.6 Å². The van der Waals surface area contributed by atoms with Crippen molar-refractivity contribution in [2.75, 3.05) is 30.7 Å². The molecule has 20 heteroatoms. The number of amides is 2. The number of aromatic nitrogens is 2. The molecular weight excluding hydrogens is 636 g/mol. The summed E-state index contributed by atoms with van der Waals surface area (Å²) in [5.41, 5.74) is 3.67. The number of carbonyl (C=O) groups is 3. The van der Waals surface area contributed by atoms with Crippen molar-refractivity contribution in [2.24, 2.45) is 5.16 Å². The molecule has 4 heterocycles. The van der Waals surface area contributed by atoms with Gasteiger partial charge in [0.2, 0.25) is 0 Å². The van der Waals surface area contributed by atoms with Gasteiger partial charge in [0.15, 0.2) is 10.8 Å². The Morgan fingerprint density at radius 2 is 2.07 bits per heavy atom. The lowest BCUT2D eigenvalue weighted by atomic mass is 9.84. The molecule has 3 aromatic rings. The number of anilines is 2. The maximum atomic E-state index is 13.2. The summed E-state index contributed by atoms with van der Waals surface area (Å²) in [6.45, 7) is 3.89. The molecule has 2 saturated heterocycles. The smallest absolute Gasteiger partial charge is 0.418 e. The van der Waals surface area contributed by atoms with Crippen molar-refractivity contribution in [3.8, 4) is 5.75 Å². The number of fused-ring (bicyclic) bond motifs is 1. The molecule has 1 aromatic carbocycles. The van der Waals surface area contributed by atoms with Gasteiger partial charge in [0, 0.05) is 30.1 Å². The predicted molar refractivity (Wildman–Crippen MR) is 159 cm³/mol. The molecule has 2 aromatic heterocycles. The first-order chi connectivity index (χ1) is 21.2. The van der Waals surface area contributed by atoms with Crippen molar-refractivity contribution in [3.05, 3.63) is 41.5 Å². The summed E-state index contributed by atoms with van der Waals surface area (Å²) in [5.74, 6) is -2.40. The lowest BCUT2D eigenvalue weighted by Crippen LogP contribution is -2.76. The van der Waals surface area contributed by atoms with Gasteiger partial charge in [-0.1, -0.05) is 5.16 Å². The van der Waals surface area contributed by atoms with Gasteiger partial charge in [-0.05, 0) is 43.5 Å². The Morgan fingerprint density at radius 1 is 1.31 bits per heavy atom. The zero-order chi connectivity index (χ0) is 32.5. The van der Waals surface area contributed by atoms with Crippen LogP contribution in [-0.4, -0.2) is 100 Å². The normalized spacial score (nSPS) is 18.9. The second-order valence-corrected chi connectivity index (χ2v) is 12.4. The summed E-state index contributed by atoms with van der Waals surface area (Å²) in [6, 6.07) is 5.90. The highest BCUT2D eigenvalue weighted by atomic mass is 32.3. The molecule has 18 nitrogen and oxygen atoms in total. The van der Waals surface area contributed by atoms with Gasteiger partial charge in [-0.25, -0.2) is 14.8 Å². The highest BCUT2D eigenvalue weighted by Crippen LogP contribution is 2.33. The topological polar surface area (TPSA) is 257 Å². The van der Waals surface area contributed by atoms with Crippen LogP contribution in [0.25, 0.3) is 10.8 Å². The molecule has 7 N–H and O–H groups in total. The van der Waals surface area contributed by atoms with Crippen LogP contribution in [0.3, 0.4) is 0 Å². The number of hydrogen-bond acceptors (Lipinski definition) is 15. The molecule has 0 unspecified atom stereocenters. The fourth-order valence-electron chi connectivity index (χ4n) is 4.40. The van der Waals surface area contributed by atoms with Crippen molar-refractivity contribution < 1.29 is 46.3 Å². The van der Waals surface area contributed by atoms with Gasteiger partial charge >= 0.3 is 16.4 Å². The van der Waals surface area contributed by atoms with Gasteiger partial charge in [-0.2, -0.15) is 13.5 Å². The minimum atomic E-state index is -5.01. The number of pyridine rings is 1. The molecule has 45 heavy (non-hydrogen) atoms. The van der Waals surface area contributed by atoms with Crippen LogP contribution >= 0.6 is 11.3 Å². The summed E-state index contributed by atoms with van der Waals surface area (Å²) in [5, 5.41) is 25.8. The van der Waals surface area contributed by atoms with Crippen LogP contribution < -0.4 is 26.4 Å². The number of nitrogens with two attached hydrogens (primary N) is 1. The maximum Gasteiger partial charge on any atom is 0.418 e. The molecule has 0 saturated carbocycles. The van der Waals surface area contributed by atoms with E-state index < -0.39 is 58.2 Å². The number of benzene rings is 1. The number of nitrogen functional groups attached to an aromatic ring is 1. The third kappa shape index (κ3) is 7.04. The fraction of sp³-hybridized carbons (Fsp3) is 0.360. The summed E-state index contributed by atoms with van der Waals surface area (Å²) in [7, 11) is -5.01. The van der Waals surface area contributed by atoms with Crippen molar-refractivity contribution >= 4 is 67.0 Å². The number of carboxylic acid groups (broad SMARTS) is 1. The number of nitrogens with zero attached hydrogens (tertiary/aromatic N) is 4. The van der Waals surface area contributed by atoms with E-state index in [1.54, 1.807) is 30.5 Å². The fourth-order valence-corrected chi connectivity index (χ4v) is 5.40. The van der Waals surface area contributed by atoms with Crippen LogP contribution in [0.4, 0.5) is 10.9 Å². The zero-order valence-electron chi connectivity index (χ0n) is 23.7. The first-order valence-corrected chi connectivity index (χ1v) is 15.5. The number of nitrogens with one attached hydrogen (secondary N) is 3. The number of rotatable bonds is 13. The van der Waals surface area contributed by atoms with Crippen LogP contribution in [0.1, 0.15) is 19.5 Å². The maximum absolute atomic E-state index is 13.2. The lowest BCUT2D eigenvalue weighted by molar-refractivity contribution is -0.218. The molecule has 2 aliphatic rings. The zero-order valence-corrected chi connectivity index (χ0v) is 25.3. The standard InChI is InChI=1S/C25H28N8O10S2/c1-25(2)19(22(35)33(25)43-45(38,39)40)31-21(34)18(16-11-44-24(26)30-16)32-42-17(23(36)37)10-41-14-3-4-15-12(7-14)5-6-28-20(15)29-13-8-27-9-13/h3-7,11,13,17,19,27H,8-10H2,1-2H3,(H2,26,30)(H,28,29)(H,31,34)(H,36,37)(H,38,39,40)/b32-18-/t17-,19+/m0/s1. The van der Waals surface area contributed by atoms with Gasteiger partial charge < -0.3 is 36.4 Å². The molecule has 5 rings (SSSR count). The number of hydroxylamine groups is 2. The Balaban J connectivity index is 1.29. The average Bonchev–Trinajstić information content (AvgIpc) is 3.38. The Kier molecular flexibility index (Phi) is 8.76. The highest BCUT2D eigenvalue weighted by Gasteiger charge is 2.58. The quantitative estimate of drug-likeness (QED) is 0.0596. The molecule has 2 fully saturated rings. The number of hydrogen-bond donors (Lipinski definition) is 6. The predicted octanol–water partition coefficient (Wildman–Crippen LogP) is -0.250. The molecule has 0 aliphatic carbocycles. The number of β-lactam (4-membered cyclic amide) rings is 1. The second-order valence-electron chi connectivity index (χ2n) is 10.5. The Labute approximate surface area is 259 Å². The van der Waals surface area contributed by atoms with E-state index in [4.69, 9.17) is 19.9 Å². The third-order valence-corrected chi connectivity index (χ3v) is 7.92. The second kappa shape index (κ2) is 12.4. The number of carbonyl (C=O) groups excluding carboxylic acids is 2. The average molecular weight is 665 g/mol. The largest absolute Gasteiger partial charge is 0.489 e. The van der Waals surface area contributed by atoms with E-state index >= 15 is 0 Å². The lowest BCUT2D eigenvalue weighted by Gasteiger charge is -2.50. The number of thiazole rings is 1. The van der Waals surface area contributed by atoms with Gasteiger partial charge in [0.25, 0.3) is 17.9 Å². The summed E-state index contributed by atoms with van der Waals surface area (Å²) in [6.07, 6.45) is -0.0335. The summed E-state index contributed by atoms with van der Waals surface area (Å²) < 4.78 is 41.1. The number of aliphatic carboxylic acids is 1. The van der Waals surface area contributed by atoms with Crippen molar-refractivity contribution in [2.45, 2.75) is 37.6 Å². The molecule has 0 spiro atoms. The van der Waals surface area contributed by atoms with E-state index in [9.17, 15) is 27.9 Å². The summed E-state index contributed by atoms with van der Waals surface area (Å²) >= 11 is 0.961. The molecule has 2 amide bonds. The van der Waals surface area contributed by atoms with Crippen LogP contribution in [0.5, 0.6) is 5.75 Å². The van der Waals surface area contributed by atoms with Crippen molar-refractivity contribution in [3.63, 3.8) is 0 Å². The van der Waals surface area contributed by atoms with Crippen molar-refractivity contribution in [1.82, 2.24) is 25.7 Å². The monoisotopic (exact) mass is 664 g/mol. The molecule has 0 bridgehead atoms.